The van der Waals surface area contributed by atoms with Crippen molar-refractivity contribution >= 4 is 5.82 Å². The van der Waals surface area contributed by atoms with Crippen LogP contribution in [-0.4, -0.2) is 16.6 Å². The molecule has 3 nitrogen and oxygen atoms in total. The SMILES string of the molecule is CC(C)NC(C)(C)c1ccnc(NC(C)(C)C)c1. The van der Waals surface area contributed by atoms with E-state index in [4.69, 9.17) is 0 Å². The molecule has 0 aliphatic rings. The zero-order valence-corrected chi connectivity index (χ0v) is 12.8. The first-order chi connectivity index (χ1) is 8.10. The van der Waals surface area contributed by atoms with Crippen molar-refractivity contribution in [3.8, 4) is 0 Å². The van der Waals surface area contributed by atoms with Gasteiger partial charge in [0.2, 0.25) is 0 Å². The summed E-state index contributed by atoms with van der Waals surface area (Å²) >= 11 is 0. The van der Waals surface area contributed by atoms with Gasteiger partial charge >= 0.3 is 0 Å². The molecule has 0 saturated heterocycles. The van der Waals surface area contributed by atoms with E-state index in [9.17, 15) is 0 Å². The largest absolute Gasteiger partial charge is 0.365 e. The molecule has 1 aromatic rings. The van der Waals surface area contributed by atoms with Crippen LogP contribution in [0, 0.1) is 0 Å². The predicted octanol–water partition coefficient (Wildman–Crippen LogP) is 3.53. The first-order valence-corrected chi connectivity index (χ1v) is 6.62. The minimum absolute atomic E-state index is 0.0290. The molecule has 0 fully saturated rings. The van der Waals surface area contributed by atoms with E-state index in [1.165, 1.54) is 5.56 Å². The second-order valence-corrected chi connectivity index (χ2v) is 6.73. The van der Waals surface area contributed by atoms with Gasteiger partial charge in [0.15, 0.2) is 0 Å². The lowest BCUT2D eigenvalue weighted by molar-refractivity contribution is 0.365. The molecule has 0 amide bonds. The Bertz CT molecular complexity index is 389. The van der Waals surface area contributed by atoms with E-state index >= 15 is 0 Å². The van der Waals surface area contributed by atoms with Gasteiger partial charge in [0, 0.05) is 23.3 Å². The van der Waals surface area contributed by atoms with Gasteiger partial charge in [0.25, 0.3) is 0 Å². The molecule has 1 aromatic heterocycles. The minimum atomic E-state index is -0.0502. The summed E-state index contributed by atoms with van der Waals surface area (Å²) in [6.07, 6.45) is 1.87. The van der Waals surface area contributed by atoms with Crippen LogP contribution >= 0.6 is 0 Å². The van der Waals surface area contributed by atoms with Crippen LogP contribution in [-0.2, 0) is 5.54 Å². The van der Waals surface area contributed by atoms with E-state index in [0.717, 1.165) is 5.82 Å². The Morgan fingerprint density at radius 3 is 2.22 bits per heavy atom. The fourth-order valence-electron chi connectivity index (χ4n) is 2.08. The maximum absolute atomic E-state index is 4.38. The third kappa shape index (κ3) is 4.65. The molecule has 102 valence electrons. The smallest absolute Gasteiger partial charge is 0.126 e. The van der Waals surface area contributed by atoms with E-state index in [-0.39, 0.29) is 11.1 Å². The fourth-order valence-corrected chi connectivity index (χ4v) is 2.08. The Labute approximate surface area is 111 Å². The highest BCUT2D eigenvalue weighted by Crippen LogP contribution is 2.23. The number of anilines is 1. The highest BCUT2D eigenvalue weighted by atomic mass is 15.0. The molecule has 0 saturated carbocycles. The van der Waals surface area contributed by atoms with Gasteiger partial charge in [-0.15, -0.1) is 0 Å². The molecule has 0 unspecified atom stereocenters. The molecule has 1 heterocycles. The van der Waals surface area contributed by atoms with E-state index < -0.39 is 0 Å². The van der Waals surface area contributed by atoms with Crippen molar-refractivity contribution in [3.05, 3.63) is 23.9 Å². The van der Waals surface area contributed by atoms with Gasteiger partial charge in [0.1, 0.15) is 5.82 Å². The van der Waals surface area contributed by atoms with E-state index in [0.29, 0.717) is 6.04 Å². The molecular weight excluding hydrogens is 222 g/mol. The van der Waals surface area contributed by atoms with Gasteiger partial charge in [-0.1, -0.05) is 13.8 Å². The van der Waals surface area contributed by atoms with Crippen LogP contribution in [0.25, 0.3) is 0 Å². The lowest BCUT2D eigenvalue weighted by atomic mass is 9.94. The predicted molar refractivity (Wildman–Crippen MR) is 78.9 cm³/mol. The lowest BCUT2D eigenvalue weighted by Gasteiger charge is -2.30. The third-order valence-corrected chi connectivity index (χ3v) is 2.63. The molecule has 1 rings (SSSR count). The van der Waals surface area contributed by atoms with Gasteiger partial charge in [-0.2, -0.15) is 0 Å². The molecule has 0 spiro atoms. The molecule has 0 atom stereocenters. The van der Waals surface area contributed by atoms with Crippen molar-refractivity contribution in [1.29, 1.82) is 0 Å². The van der Waals surface area contributed by atoms with Crippen molar-refractivity contribution in [3.63, 3.8) is 0 Å². The Balaban J connectivity index is 2.94. The van der Waals surface area contributed by atoms with Crippen molar-refractivity contribution in [2.24, 2.45) is 0 Å². The molecule has 0 aliphatic carbocycles. The summed E-state index contributed by atoms with van der Waals surface area (Å²) in [5.41, 5.74) is 1.23. The summed E-state index contributed by atoms with van der Waals surface area (Å²) in [5.74, 6) is 0.929. The summed E-state index contributed by atoms with van der Waals surface area (Å²) in [4.78, 5) is 4.38. The fraction of sp³-hybridized carbons (Fsp3) is 0.667. The average Bonchev–Trinajstić information content (AvgIpc) is 2.13. The van der Waals surface area contributed by atoms with Gasteiger partial charge in [-0.05, 0) is 52.3 Å². The Morgan fingerprint density at radius 2 is 1.72 bits per heavy atom. The second kappa shape index (κ2) is 5.27. The topological polar surface area (TPSA) is 37.0 Å². The number of nitrogens with zero attached hydrogens (tertiary/aromatic N) is 1. The standard InChI is InChI=1S/C15H27N3/c1-11(2)17-15(6,7)12-8-9-16-13(10-12)18-14(3,4)5/h8-11,17H,1-7H3,(H,16,18). The second-order valence-electron chi connectivity index (χ2n) is 6.73. The first kappa shape index (κ1) is 15.0. The van der Waals surface area contributed by atoms with E-state index in [1.807, 2.05) is 6.20 Å². The summed E-state index contributed by atoms with van der Waals surface area (Å²) in [6.45, 7) is 15.1. The number of nitrogens with one attached hydrogen (secondary N) is 2. The highest BCUT2D eigenvalue weighted by Gasteiger charge is 2.22. The molecule has 18 heavy (non-hydrogen) atoms. The number of rotatable bonds is 4. The molecule has 0 aliphatic heterocycles. The molecule has 2 N–H and O–H groups in total. The lowest BCUT2D eigenvalue weighted by Crippen LogP contribution is -2.41. The van der Waals surface area contributed by atoms with Crippen molar-refractivity contribution in [2.75, 3.05) is 5.32 Å². The van der Waals surface area contributed by atoms with E-state index in [2.05, 4.69) is 76.2 Å². The van der Waals surface area contributed by atoms with Crippen LogP contribution in [0.4, 0.5) is 5.82 Å². The Kier molecular flexibility index (Phi) is 4.38. The van der Waals surface area contributed by atoms with E-state index in [1.54, 1.807) is 0 Å². The van der Waals surface area contributed by atoms with Crippen LogP contribution < -0.4 is 10.6 Å². The quantitative estimate of drug-likeness (QED) is 0.857. The number of pyridine rings is 1. The molecule has 3 heteroatoms. The Hall–Kier alpha value is -1.09. The number of hydrogen-bond acceptors (Lipinski definition) is 3. The highest BCUT2D eigenvalue weighted by molar-refractivity contribution is 5.41. The van der Waals surface area contributed by atoms with Crippen molar-refractivity contribution in [2.45, 2.75) is 65.6 Å². The van der Waals surface area contributed by atoms with Crippen molar-refractivity contribution in [1.82, 2.24) is 10.3 Å². The normalized spacial score (nSPS) is 12.9. The maximum atomic E-state index is 4.38. The summed E-state index contributed by atoms with van der Waals surface area (Å²) in [7, 11) is 0. The van der Waals surface area contributed by atoms with Crippen LogP contribution in [0.1, 0.15) is 54.0 Å². The average molecular weight is 249 g/mol. The zero-order chi connectivity index (χ0) is 14.0. The molecule has 0 bridgehead atoms. The van der Waals surface area contributed by atoms with Crippen LogP contribution in [0.5, 0.6) is 0 Å². The van der Waals surface area contributed by atoms with Crippen molar-refractivity contribution < 1.29 is 0 Å². The first-order valence-electron chi connectivity index (χ1n) is 6.62. The van der Waals surface area contributed by atoms with Crippen LogP contribution in [0.2, 0.25) is 0 Å². The zero-order valence-electron chi connectivity index (χ0n) is 12.8. The van der Waals surface area contributed by atoms with Crippen LogP contribution in [0.15, 0.2) is 18.3 Å². The van der Waals surface area contributed by atoms with Gasteiger partial charge in [-0.25, -0.2) is 4.98 Å². The number of hydrogen-bond donors (Lipinski definition) is 2. The minimum Gasteiger partial charge on any atom is -0.365 e. The van der Waals surface area contributed by atoms with Crippen LogP contribution in [0.3, 0.4) is 0 Å². The summed E-state index contributed by atoms with van der Waals surface area (Å²) in [5, 5.41) is 6.98. The molecular formula is C15H27N3. The van der Waals surface area contributed by atoms with Gasteiger partial charge in [0.05, 0.1) is 0 Å². The van der Waals surface area contributed by atoms with Gasteiger partial charge < -0.3 is 10.6 Å². The monoisotopic (exact) mass is 249 g/mol. The summed E-state index contributed by atoms with van der Waals surface area (Å²) < 4.78 is 0. The third-order valence-electron chi connectivity index (χ3n) is 2.63. The molecule has 0 aromatic carbocycles. The molecule has 0 radical (unpaired) electrons. The summed E-state index contributed by atoms with van der Waals surface area (Å²) in [6, 6.07) is 4.65. The number of aromatic nitrogens is 1. The van der Waals surface area contributed by atoms with Gasteiger partial charge in [-0.3, -0.25) is 0 Å². The maximum Gasteiger partial charge on any atom is 0.126 e. The Morgan fingerprint density at radius 1 is 1.11 bits per heavy atom.